The third kappa shape index (κ3) is 3.22. The summed E-state index contributed by atoms with van der Waals surface area (Å²) in [7, 11) is 0. The van der Waals surface area contributed by atoms with E-state index in [0.29, 0.717) is 5.75 Å². The summed E-state index contributed by atoms with van der Waals surface area (Å²) in [5, 5.41) is 9.27. The van der Waals surface area contributed by atoms with Gasteiger partial charge >= 0.3 is 0 Å². The van der Waals surface area contributed by atoms with Gasteiger partial charge in [0.15, 0.2) is 0 Å². The van der Waals surface area contributed by atoms with E-state index < -0.39 is 11.7 Å². The molecule has 0 aliphatic carbocycles. The second kappa shape index (κ2) is 5.39. The number of phenolic OH excluding ortho intramolecular Hbond substituents is 1. The van der Waals surface area contributed by atoms with Crippen molar-refractivity contribution in [2.45, 2.75) is 6.61 Å². The SMILES string of the molecule is NC(=O)c1ccc(F)c(COc2cccc(O)c2)c1. The van der Waals surface area contributed by atoms with E-state index >= 15 is 0 Å². The van der Waals surface area contributed by atoms with Crippen LogP contribution < -0.4 is 10.5 Å². The lowest BCUT2D eigenvalue weighted by Crippen LogP contribution is -2.12. The molecule has 0 unspecified atom stereocenters. The molecule has 0 saturated heterocycles. The number of hydrogen-bond donors (Lipinski definition) is 2. The maximum absolute atomic E-state index is 13.5. The summed E-state index contributed by atoms with van der Waals surface area (Å²) in [5.41, 5.74) is 5.56. The monoisotopic (exact) mass is 261 g/mol. The lowest BCUT2D eigenvalue weighted by Gasteiger charge is -2.08. The average Bonchev–Trinajstić information content (AvgIpc) is 2.37. The number of benzene rings is 2. The highest BCUT2D eigenvalue weighted by Gasteiger charge is 2.08. The summed E-state index contributed by atoms with van der Waals surface area (Å²) in [5.74, 6) is -0.642. The van der Waals surface area contributed by atoms with Crippen molar-refractivity contribution in [3.63, 3.8) is 0 Å². The Labute approximate surface area is 109 Å². The molecule has 0 saturated carbocycles. The van der Waals surface area contributed by atoms with Crippen LogP contribution in [0.2, 0.25) is 0 Å². The van der Waals surface area contributed by atoms with Gasteiger partial charge < -0.3 is 15.6 Å². The van der Waals surface area contributed by atoms with Gasteiger partial charge in [-0.1, -0.05) is 6.07 Å². The van der Waals surface area contributed by atoms with Crippen molar-refractivity contribution in [2.75, 3.05) is 0 Å². The van der Waals surface area contributed by atoms with E-state index in [1.807, 2.05) is 0 Å². The fraction of sp³-hybridized carbons (Fsp3) is 0.0714. The Kier molecular flexibility index (Phi) is 3.66. The first-order valence-electron chi connectivity index (χ1n) is 5.56. The normalized spacial score (nSPS) is 10.2. The molecule has 0 heterocycles. The molecule has 0 bridgehead atoms. The van der Waals surface area contributed by atoms with Gasteiger partial charge in [-0.05, 0) is 30.3 Å². The van der Waals surface area contributed by atoms with Gasteiger partial charge in [0, 0.05) is 17.2 Å². The maximum Gasteiger partial charge on any atom is 0.248 e. The number of hydrogen-bond acceptors (Lipinski definition) is 3. The van der Waals surface area contributed by atoms with E-state index in [-0.39, 0.29) is 23.5 Å². The molecule has 0 aromatic heterocycles. The molecule has 4 nitrogen and oxygen atoms in total. The number of ether oxygens (including phenoxy) is 1. The predicted octanol–water partition coefficient (Wildman–Crippen LogP) is 2.21. The molecule has 2 aromatic carbocycles. The quantitative estimate of drug-likeness (QED) is 0.886. The Morgan fingerprint density at radius 1 is 1.26 bits per heavy atom. The van der Waals surface area contributed by atoms with Crippen molar-refractivity contribution in [1.29, 1.82) is 0 Å². The zero-order valence-electron chi connectivity index (χ0n) is 9.97. The number of aromatic hydroxyl groups is 1. The molecule has 0 spiro atoms. The van der Waals surface area contributed by atoms with Crippen molar-refractivity contribution in [3.05, 3.63) is 59.4 Å². The van der Waals surface area contributed by atoms with Gasteiger partial charge in [-0.3, -0.25) is 4.79 Å². The Morgan fingerprint density at radius 3 is 2.74 bits per heavy atom. The molecule has 0 aliphatic heterocycles. The van der Waals surface area contributed by atoms with E-state index in [0.717, 1.165) is 0 Å². The lowest BCUT2D eigenvalue weighted by atomic mass is 10.1. The van der Waals surface area contributed by atoms with Crippen LogP contribution in [0, 0.1) is 5.82 Å². The van der Waals surface area contributed by atoms with Gasteiger partial charge in [-0.15, -0.1) is 0 Å². The van der Waals surface area contributed by atoms with Crippen LogP contribution in [-0.2, 0) is 6.61 Å². The highest BCUT2D eigenvalue weighted by molar-refractivity contribution is 5.92. The van der Waals surface area contributed by atoms with Gasteiger partial charge in [0.1, 0.15) is 23.9 Å². The van der Waals surface area contributed by atoms with E-state index in [2.05, 4.69) is 0 Å². The summed E-state index contributed by atoms with van der Waals surface area (Å²) in [6, 6.07) is 9.99. The fourth-order valence-corrected chi connectivity index (χ4v) is 1.57. The van der Waals surface area contributed by atoms with Gasteiger partial charge in [-0.25, -0.2) is 4.39 Å². The fourth-order valence-electron chi connectivity index (χ4n) is 1.57. The third-order valence-electron chi connectivity index (χ3n) is 2.54. The summed E-state index contributed by atoms with van der Waals surface area (Å²) in [6.07, 6.45) is 0. The van der Waals surface area contributed by atoms with Gasteiger partial charge in [0.2, 0.25) is 5.91 Å². The van der Waals surface area contributed by atoms with Gasteiger partial charge in [-0.2, -0.15) is 0 Å². The standard InChI is InChI=1S/C14H12FNO3/c15-13-5-4-9(14(16)18)6-10(13)8-19-12-3-1-2-11(17)7-12/h1-7,17H,8H2,(H2,16,18). The molecule has 1 amide bonds. The van der Waals surface area contributed by atoms with Crippen molar-refractivity contribution in [1.82, 2.24) is 0 Å². The Bertz CT molecular complexity index is 613. The first-order valence-corrected chi connectivity index (χ1v) is 5.56. The molecular weight excluding hydrogens is 249 g/mol. The van der Waals surface area contributed by atoms with Gasteiger partial charge in [0.25, 0.3) is 0 Å². The molecule has 0 aliphatic rings. The number of nitrogens with two attached hydrogens (primary N) is 1. The maximum atomic E-state index is 13.5. The van der Waals surface area contributed by atoms with Crippen LogP contribution in [0.1, 0.15) is 15.9 Å². The molecule has 98 valence electrons. The molecule has 19 heavy (non-hydrogen) atoms. The Morgan fingerprint density at radius 2 is 2.05 bits per heavy atom. The van der Waals surface area contributed by atoms with Gasteiger partial charge in [0.05, 0.1) is 0 Å². The van der Waals surface area contributed by atoms with E-state index in [1.165, 1.54) is 30.3 Å². The number of primary amides is 1. The number of carbonyl (C=O) groups is 1. The number of phenols is 1. The molecule has 3 N–H and O–H groups in total. The highest BCUT2D eigenvalue weighted by Crippen LogP contribution is 2.20. The van der Waals surface area contributed by atoms with Crippen LogP contribution in [0.25, 0.3) is 0 Å². The molecule has 2 aromatic rings. The van der Waals surface area contributed by atoms with E-state index in [4.69, 9.17) is 10.5 Å². The highest BCUT2D eigenvalue weighted by atomic mass is 19.1. The Hall–Kier alpha value is -2.56. The minimum absolute atomic E-state index is 0.0591. The molecule has 0 fully saturated rings. The molecular formula is C14H12FNO3. The van der Waals surface area contributed by atoms with Crippen LogP contribution in [-0.4, -0.2) is 11.0 Å². The van der Waals surface area contributed by atoms with Crippen LogP contribution in [0.15, 0.2) is 42.5 Å². The zero-order chi connectivity index (χ0) is 13.8. The zero-order valence-corrected chi connectivity index (χ0v) is 9.97. The van der Waals surface area contributed by atoms with Crippen LogP contribution in [0.3, 0.4) is 0 Å². The summed E-state index contributed by atoms with van der Waals surface area (Å²) >= 11 is 0. The molecule has 0 atom stereocenters. The topological polar surface area (TPSA) is 72.6 Å². The van der Waals surface area contributed by atoms with Crippen LogP contribution >= 0.6 is 0 Å². The van der Waals surface area contributed by atoms with Crippen molar-refractivity contribution < 1.29 is 19.0 Å². The summed E-state index contributed by atoms with van der Waals surface area (Å²) in [6.45, 7) is -0.0591. The predicted molar refractivity (Wildman–Crippen MR) is 67.4 cm³/mol. The largest absolute Gasteiger partial charge is 0.508 e. The number of halogens is 1. The molecule has 2 rings (SSSR count). The van der Waals surface area contributed by atoms with E-state index in [1.54, 1.807) is 12.1 Å². The molecule has 5 heteroatoms. The van der Waals surface area contributed by atoms with Crippen molar-refractivity contribution in [3.8, 4) is 11.5 Å². The minimum atomic E-state index is -0.626. The summed E-state index contributed by atoms with van der Waals surface area (Å²) in [4.78, 5) is 11.0. The molecule has 0 radical (unpaired) electrons. The second-order valence-electron chi connectivity index (χ2n) is 3.96. The van der Waals surface area contributed by atoms with Crippen LogP contribution in [0.5, 0.6) is 11.5 Å². The minimum Gasteiger partial charge on any atom is -0.508 e. The number of rotatable bonds is 4. The number of carbonyl (C=O) groups excluding carboxylic acids is 1. The third-order valence-corrected chi connectivity index (χ3v) is 2.54. The van der Waals surface area contributed by atoms with E-state index in [9.17, 15) is 14.3 Å². The van der Waals surface area contributed by atoms with Crippen LogP contribution in [0.4, 0.5) is 4.39 Å². The lowest BCUT2D eigenvalue weighted by molar-refractivity contribution is 0.1000. The first kappa shape index (κ1) is 12.9. The smallest absolute Gasteiger partial charge is 0.248 e. The second-order valence-corrected chi connectivity index (χ2v) is 3.96. The van der Waals surface area contributed by atoms with Crippen molar-refractivity contribution >= 4 is 5.91 Å². The summed E-state index contributed by atoms with van der Waals surface area (Å²) < 4.78 is 18.9. The first-order chi connectivity index (χ1) is 9.06. The number of amides is 1. The Balaban J connectivity index is 2.15. The van der Waals surface area contributed by atoms with Crippen molar-refractivity contribution in [2.24, 2.45) is 5.73 Å². The average molecular weight is 261 g/mol.